The molecule has 0 aliphatic carbocycles. The zero-order chi connectivity index (χ0) is 15.3. The van der Waals surface area contributed by atoms with Gasteiger partial charge in [-0.1, -0.05) is 93.7 Å². The average Bonchev–Trinajstić information content (AvgIpc) is 2.46. The molecule has 4 heteroatoms. The third-order valence-corrected chi connectivity index (χ3v) is 5.28. The van der Waals surface area contributed by atoms with Crippen molar-refractivity contribution >= 4 is 28.0 Å². The van der Waals surface area contributed by atoms with Gasteiger partial charge in [0, 0.05) is 18.1 Å². The summed E-state index contributed by atoms with van der Waals surface area (Å²) in [6, 6.07) is 0. The molecule has 0 heterocycles. The fourth-order valence-corrected chi connectivity index (χ4v) is 3.64. The molecule has 0 atom stereocenters. The maximum Gasteiger partial charge on any atom is 0.207 e. The first kappa shape index (κ1) is 22.5. The van der Waals surface area contributed by atoms with Gasteiger partial charge >= 0.3 is 0 Å². The highest BCUT2D eigenvalue weighted by Gasteiger charge is 1.92. The average molecular weight is 322 g/mol. The largest absolute Gasteiger partial charge is 0.358 e. The molecule has 0 aliphatic rings. The van der Waals surface area contributed by atoms with Gasteiger partial charge in [0.25, 0.3) is 0 Å². The molecule has 0 aliphatic heterocycles. The van der Waals surface area contributed by atoms with E-state index in [0.717, 1.165) is 18.7 Å². The second-order valence-corrected chi connectivity index (χ2v) is 7.54. The maximum atomic E-state index is 9.94. The Labute approximate surface area is 135 Å². The minimum absolute atomic E-state index is 0.763. The molecule has 0 unspecified atom stereocenters. The molecule has 0 rings (SSSR count). The Balaban J connectivity index is 0. The van der Waals surface area contributed by atoms with Gasteiger partial charge in [0.2, 0.25) is 6.41 Å². The molecule has 0 bridgehead atoms. The molecule has 0 saturated heterocycles. The van der Waals surface area contributed by atoms with Crippen molar-refractivity contribution in [2.45, 2.75) is 78.6 Å². The zero-order valence-corrected chi connectivity index (χ0v) is 15.4. The normalized spacial score (nSPS) is 9.75. The number of carbonyl (C=O) groups excluding carboxylic acids is 1. The van der Waals surface area contributed by atoms with Crippen molar-refractivity contribution in [3.8, 4) is 0 Å². The van der Waals surface area contributed by atoms with E-state index in [9.17, 15) is 4.79 Å². The first-order valence-electron chi connectivity index (χ1n) is 8.24. The smallest absolute Gasteiger partial charge is 0.207 e. The Bertz CT molecular complexity index is 167. The molecule has 1 amide bonds. The first-order valence-corrected chi connectivity index (χ1v) is 10.7. The lowest BCUT2D eigenvalue weighted by molar-refractivity contribution is -0.109. The van der Waals surface area contributed by atoms with E-state index in [4.69, 9.17) is 0 Å². The molecule has 20 heavy (non-hydrogen) atoms. The van der Waals surface area contributed by atoms with Gasteiger partial charge in [-0.15, -0.1) is 0 Å². The molecule has 122 valence electrons. The summed E-state index contributed by atoms with van der Waals surface area (Å²) in [6.45, 7) is 7.46. The van der Waals surface area contributed by atoms with E-state index in [2.05, 4.69) is 26.1 Å². The van der Waals surface area contributed by atoms with Crippen molar-refractivity contribution in [3.63, 3.8) is 0 Å². The predicted octanol–water partition coefficient (Wildman–Crippen LogP) is 5.67. The van der Waals surface area contributed by atoms with Gasteiger partial charge in [-0.25, -0.2) is 0 Å². The van der Waals surface area contributed by atoms with Crippen LogP contribution in [0.4, 0.5) is 0 Å². The quantitative estimate of drug-likeness (QED) is 0.254. The zero-order valence-electron chi connectivity index (χ0n) is 13.8. The summed E-state index contributed by atoms with van der Waals surface area (Å²) in [4.78, 5) is 9.94. The summed E-state index contributed by atoms with van der Waals surface area (Å²) in [5, 5.41) is 2.66. The molecule has 0 fully saturated rings. The Kier molecular flexibility index (Phi) is 27.2. The Morgan fingerprint density at radius 3 is 1.85 bits per heavy atom. The number of nitrogens with one attached hydrogen (secondary N) is 1. The molecule has 1 N–H and O–H groups in total. The molecule has 0 aromatic carbocycles. The van der Waals surface area contributed by atoms with E-state index in [1.54, 1.807) is 0 Å². The predicted molar refractivity (Wildman–Crippen MR) is 97.6 cm³/mol. The van der Waals surface area contributed by atoms with Gasteiger partial charge in [-0.05, 0) is 6.42 Å². The van der Waals surface area contributed by atoms with Crippen molar-refractivity contribution in [1.29, 1.82) is 0 Å². The minimum Gasteiger partial charge on any atom is -0.358 e. The highest BCUT2D eigenvalue weighted by molar-refractivity contribution is 8.76. The summed E-state index contributed by atoms with van der Waals surface area (Å²) >= 11 is 0. The fraction of sp³-hybridized carbons (Fsp3) is 0.938. The maximum absolute atomic E-state index is 9.94. The van der Waals surface area contributed by atoms with Crippen LogP contribution in [-0.4, -0.2) is 24.5 Å². The van der Waals surface area contributed by atoms with Crippen molar-refractivity contribution in [2.24, 2.45) is 0 Å². The summed E-state index contributed by atoms with van der Waals surface area (Å²) in [7, 11) is 3.78. The Hall–Kier alpha value is 0.170. The van der Waals surface area contributed by atoms with Crippen LogP contribution in [-0.2, 0) is 4.79 Å². The van der Waals surface area contributed by atoms with Gasteiger partial charge < -0.3 is 5.32 Å². The molecular formula is C16H35NOS2. The molecule has 0 radical (unpaired) electrons. The van der Waals surface area contributed by atoms with Crippen LogP contribution in [0.3, 0.4) is 0 Å². The number of hydrogen-bond donors (Lipinski definition) is 1. The third-order valence-electron chi connectivity index (χ3n) is 2.78. The van der Waals surface area contributed by atoms with E-state index in [1.165, 1.54) is 63.5 Å². The minimum atomic E-state index is 0.763. The number of rotatable bonds is 14. The number of hydrogen-bond acceptors (Lipinski definition) is 3. The molecule has 0 saturated carbocycles. The van der Waals surface area contributed by atoms with Crippen molar-refractivity contribution in [3.05, 3.63) is 0 Å². The van der Waals surface area contributed by atoms with Crippen LogP contribution in [0.25, 0.3) is 0 Å². The van der Waals surface area contributed by atoms with Gasteiger partial charge in [0.15, 0.2) is 0 Å². The van der Waals surface area contributed by atoms with E-state index in [1.807, 2.05) is 21.6 Å². The van der Waals surface area contributed by atoms with Crippen LogP contribution in [0.2, 0.25) is 0 Å². The highest BCUT2D eigenvalue weighted by Crippen LogP contribution is 2.22. The van der Waals surface area contributed by atoms with E-state index < -0.39 is 0 Å². The fourth-order valence-electron chi connectivity index (χ4n) is 1.57. The van der Waals surface area contributed by atoms with Crippen LogP contribution in [0.1, 0.15) is 78.6 Å². The van der Waals surface area contributed by atoms with E-state index in [0.29, 0.717) is 0 Å². The van der Waals surface area contributed by atoms with Gasteiger partial charge in [-0.2, -0.15) is 0 Å². The van der Waals surface area contributed by atoms with Crippen LogP contribution >= 0.6 is 21.6 Å². The lowest BCUT2D eigenvalue weighted by Crippen LogP contribution is -2.13. The van der Waals surface area contributed by atoms with Gasteiger partial charge in [0.1, 0.15) is 0 Å². The molecule has 0 aromatic heterocycles. The van der Waals surface area contributed by atoms with E-state index in [-0.39, 0.29) is 0 Å². The second-order valence-electron chi connectivity index (χ2n) is 4.84. The SMILES string of the molecule is CCCCC.CCCCCCCCSSCCNC=O. The summed E-state index contributed by atoms with van der Waals surface area (Å²) < 4.78 is 0. The van der Waals surface area contributed by atoms with Crippen molar-refractivity contribution in [2.75, 3.05) is 18.1 Å². The summed E-state index contributed by atoms with van der Waals surface area (Å²) in [5.41, 5.74) is 0. The molecule has 2 nitrogen and oxygen atoms in total. The lowest BCUT2D eigenvalue weighted by Gasteiger charge is -2.01. The van der Waals surface area contributed by atoms with Crippen LogP contribution in [0.15, 0.2) is 0 Å². The first-order chi connectivity index (χ1) is 9.83. The summed E-state index contributed by atoms with van der Waals surface area (Å²) in [5.74, 6) is 2.26. The monoisotopic (exact) mass is 321 g/mol. The molecule has 0 spiro atoms. The number of unbranched alkanes of at least 4 members (excludes halogenated alkanes) is 7. The second kappa shape index (κ2) is 24.2. The van der Waals surface area contributed by atoms with E-state index >= 15 is 0 Å². The Morgan fingerprint density at radius 2 is 1.30 bits per heavy atom. The number of amides is 1. The molecule has 0 aromatic rings. The highest BCUT2D eigenvalue weighted by atomic mass is 33.1. The van der Waals surface area contributed by atoms with Gasteiger partial charge in [-0.3, -0.25) is 4.79 Å². The van der Waals surface area contributed by atoms with Crippen molar-refractivity contribution in [1.82, 2.24) is 5.32 Å². The van der Waals surface area contributed by atoms with Gasteiger partial charge in [0.05, 0.1) is 0 Å². The van der Waals surface area contributed by atoms with Crippen LogP contribution in [0.5, 0.6) is 0 Å². The Morgan fingerprint density at radius 1 is 0.750 bits per heavy atom. The van der Waals surface area contributed by atoms with Crippen LogP contribution < -0.4 is 5.32 Å². The van der Waals surface area contributed by atoms with Crippen LogP contribution in [0, 0.1) is 0 Å². The summed E-state index contributed by atoms with van der Waals surface area (Å²) in [6.07, 6.45) is 13.1. The van der Waals surface area contributed by atoms with Crippen molar-refractivity contribution < 1.29 is 4.79 Å². The topological polar surface area (TPSA) is 29.1 Å². The lowest BCUT2D eigenvalue weighted by atomic mass is 10.1. The standard InChI is InChI=1S/C11H23NOS2.C5H12/c1-2-3-4-5-6-7-9-14-15-10-8-12-11-13;1-3-5-4-2/h11H,2-10H2,1H3,(H,12,13);3-5H2,1-2H3. The number of carbonyl (C=O) groups is 1. The third kappa shape index (κ3) is 26.7. The molecular weight excluding hydrogens is 286 g/mol.